The normalized spacial score (nSPS) is 16.9. The molecule has 0 aliphatic carbocycles. The maximum Gasteiger partial charge on any atom is 0.250 e. The molecule has 1 aliphatic rings. The van der Waals surface area contributed by atoms with Crippen LogP contribution in [0.4, 0.5) is 0 Å². The van der Waals surface area contributed by atoms with E-state index in [2.05, 4.69) is 5.32 Å². The van der Waals surface area contributed by atoms with Crippen LogP contribution in [0.15, 0.2) is 66.9 Å². The minimum absolute atomic E-state index is 0.152. The van der Waals surface area contributed by atoms with Crippen molar-refractivity contribution in [2.45, 2.75) is 39.3 Å². The van der Waals surface area contributed by atoms with Gasteiger partial charge in [-0.15, -0.1) is 0 Å². The average molecular weight is 448 g/mol. The number of hydrogen-bond acceptors (Lipinski definition) is 4. The Kier molecular flexibility index (Phi) is 7.77. The number of nitrogens with zero attached hydrogens (tertiary/aromatic N) is 2. The molecule has 0 fully saturated rings. The van der Waals surface area contributed by atoms with Crippen molar-refractivity contribution in [3.63, 3.8) is 0 Å². The van der Waals surface area contributed by atoms with E-state index in [1.165, 1.54) is 16.7 Å². The van der Waals surface area contributed by atoms with Crippen LogP contribution in [-0.4, -0.2) is 52.4 Å². The number of amides is 3. The number of aldehydes is 1. The van der Waals surface area contributed by atoms with Gasteiger partial charge in [-0.3, -0.25) is 19.3 Å². The van der Waals surface area contributed by atoms with Crippen molar-refractivity contribution in [2.75, 3.05) is 6.54 Å². The van der Waals surface area contributed by atoms with Crippen LogP contribution in [0.3, 0.4) is 0 Å². The third kappa shape index (κ3) is 5.74. The first-order valence-electron chi connectivity index (χ1n) is 11.0. The first-order valence-corrected chi connectivity index (χ1v) is 11.0. The van der Waals surface area contributed by atoms with Crippen LogP contribution in [-0.2, 0) is 25.6 Å². The Hall–Kier alpha value is -3.74. The summed E-state index contributed by atoms with van der Waals surface area (Å²) >= 11 is 0. The summed E-state index contributed by atoms with van der Waals surface area (Å²) < 4.78 is 0. The van der Waals surface area contributed by atoms with Gasteiger partial charge in [0.2, 0.25) is 11.8 Å². The highest BCUT2D eigenvalue weighted by molar-refractivity contribution is 5.99. The van der Waals surface area contributed by atoms with E-state index in [-0.39, 0.29) is 24.3 Å². The van der Waals surface area contributed by atoms with E-state index < -0.39 is 18.0 Å². The third-order valence-corrected chi connectivity index (χ3v) is 5.55. The van der Waals surface area contributed by atoms with Crippen LogP contribution in [0, 0.1) is 5.92 Å². The summed E-state index contributed by atoms with van der Waals surface area (Å²) in [5, 5.41) is 2.72. The SMILES string of the molecule is CC(=O)N1C=C(c2ccccc2)N(CC(=O)N[C@H](C=O)Cc2ccccc2)C(=O)C1C(C)C. The lowest BCUT2D eigenvalue weighted by Gasteiger charge is -2.40. The lowest BCUT2D eigenvalue weighted by atomic mass is 9.97. The fraction of sp³-hybridized carbons (Fsp3) is 0.308. The molecule has 1 aliphatic heterocycles. The van der Waals surface area contributed by atoms with Crippen LogP contribution >= 0.6 is 0 Å². The summed E-state index contributed by atoms with van der Waals surface area (Å²) in [6.07, 6.45) is 2.70. The van der Waals surface area contributed by atoms with E-state index in [4.69, 9.17) is 0 Å². The highest BCUT2D eigenvalue weighted by atomic mass is 16.2. The molecule has 0 bridgehead atoms. The molecule has 3 amide bonds. The Labute approximate surface area is 194 Å². The zero-order chi connectivity index (χ0) is 24.0. The van der Waals surface area contributed by atoms with Crippen molar-refractivity contribution >= 4 is 29.7 Å². The van der Waals surface area contributed by atoms with Crippen LogP contribution in [0.25, 0.3) is 5.70 Å². The van der Waals surface area contributed by atoms with Gasteiger partial charge < -0.3 is 15.0 Å². The number of rotatable bonds is 8. The molecular weight excluding hydrogens is 418 g/mol. The third-order valence-electron chi connectivity index (χ3n) is 5.55. The molecule has 3 rings (SSSR count). The minimum Gasteiger partial charge on any atom is -0.345 e. The van der Waals surface area contributed by atoms with Crippen LogP contribution in [0.5, 0.6) is 0 Å². The molecule has 172 valence electrons. The van der Waals surface area contributed by atoms with Gasteiger partial charge in [-0.05, 0) is 23.5 Å². The lowest BCUT2D eigenvalue weighted by Crippen LogP contribution is -2.56. The number of hydrogen-bond donors (Lipinski definition) is 1. The fourth-order valence-electron chi connectivity index (χ4n) is 3.97. The van der Waals surface area contributed by atoms with Gasteiger partial charge in [0, 0.05) is 13.1 Å². The zero-order valence-electron chi connectivity index (χ0n) is 19.1. The standard InChI is InChI=1S/C26H29N3O4/c1-18(2)25-26(33)29(23(15-28(25)19(3)31)21-12-8-5-9-13-21)16-24(32)27-22(17-30)14-20-10-6-4-7-11-20/h4-13,15,17-18,22,25H,14,16H2,1-3H3,(H,27,32)/t22-,25?/m0/s1. The summed E-state index contributed by atoms with van der Waals surface area (Å²) in [5.74, 6) is -1.18. The monoisotopic (exact) mass is 447 g/mol. The summed E-state index contributed by atoms with van der Waals surface area (Å²) in [6.45, 7) is 4.89. The smallest absolute Gasteiger partial charge is 0.250 e. The molecule has 0 saturated heterocycles. The fourth-order valence-corrected chi connectivity index (χ4v) is 3.97. The summed E-state index contributed by atoms with van der Waals surface area (Å²) in [7, 11) is 0. The van der Waals surface area contributed by atoms with Crippen molar-refractivity contribution in [1.82, 2.24) is 15.1 Å². The predicted molar refractivity (Wildman–Crippen MR) is 125 cm³/mol. The van der Waals surface area contributed by atoms with E-state index in [0.717, 1.165) is 5.56 Å². The van der Waals surface area contributed by atoms with Gasteiger partial charge in [-0.25, -0.2) is 0 Å². The van der Waals surface area contributed by atoms with Crippen molar-refractivity contribution in [3.8, 4) is 0 Å². The summed E-state index contributed by atoms with van der Waals surface area (Å²) in [6, 6.07) is 17.1. The summed E-state index contributed by atoms with van der Waals surface area (Å²) in [5.41, 5.74) is 2.10. The number of carbonyl (C=O) groups excluding carboxylic acids is 4. The topological polar surface area (TPSA) is 86.8 Å². The van der Waals surface area contributed by atoms with Gasteiger partial charge in [-0.2, -0.15) is 0 Å². The largest absolute Gasteiger partial charge is 0.345 e. The van der Waals surface area contributed by atoms with Gasteiger partial charge in [0.1, 0.15) is 18.9 Å². The van der Waals surface area contributed by atoms with E-state index in [0.29, 0.717) is 24.0 Å². The molecule has 0 radical (unpaired) electrons. The number of nitrogens with one attached hydrogen (secondary N) is 1. The second kappa shape index (κ2) is 10.7. The van der Waals surface area contributed by atoms with Gasteiger partial charge >= 0.3 is 0 Å². The molecule has 7 heteroatoms. The second-order valence-corrected chi connectivity index (χ2v) is 8.42. The molecule has 1 heterocycles. The van der Waals surface area contributed by atoms with Crippen molar-refractivity contribution in [1.29, 1.82) is 0 Å². The Bertz CT molecular complexity index is 1030. The molecule has 7 nitrogen and oxygen atoms in total. The highest BCUT2D eigenvalue weighted by Crippen LogP contribution is 2.29. The van der Waals surface area contributed by atoms with Crippen molar-refractivity contribution < 1.29 is 19.2 Å². The predicted octanol–water partition coefficient (Wildman–Crippen LogP) is 2.63. The maximum atomic E-state index is 13.5. The molecule has 0 saturated carbocycles. The van der Waals surface area contributed by atoms with E-state index >= 15 is 0 Å². The van der Waals surface area contributed by atoms with Gasteiger partial charge in [0.15, 0.2) is 0 Å². The molecule has 2 aromatic carbocycles. The zero-order valence-corrected chi connectivity index (χ0v) is 19.1. The first-order chi connectivity index (χ1) is 15.8. The molecule has 0 aromatic heterocycles. The first kappa shape index (κ1) is 23.9. The molecule has 1 unspecified atom stereocenters. The van der Waals surface area contributed by atoms with Crippen molar-refractivity contribution in [2.24, 2.45) is 5.92 Å². The number of carbonyl (C=O) groups is 4. The Morgan fingerprint density at radius 2 is 1.64 bits per heavy atom. The van der Waals surface area contributed by atoms with E-state index in [1.807, 2.05) is 74.5 Å². The van der Waals surface area contributed by atoms with E-state index in [1.54, 1.807) is 6.20 Å². The van der Waals surface area contributed by atoms with Crippen LogP contribution in [0.2, 0.25) is 0 Å². The van der Waals surface area contributed by atoms with Gasteiger partial charge in [0.05, 0.1) is 11.7 Å². The maximum absolute atomic E-state index is 13.5. The number of benzene rings is 2. The Morgan fingerprint density at radius 1 is 1.03 bits per heavy atom. The molecular formula is C26H29N3O4. The van der Waals surface area contributed by atoms with Gasteiger partial charge in [-0.1, -0.05) is 74.5 Å². The highest BCUT2D eigenvalue weighted by Gasteiger charge is 2.40. The average Bonchev–Trinajstić information content (AvgIpc) is 2.80. The van der Waals surface area contributed by atoms with Crippen LogP contribution < -0.4 is 5.32 Å². The summed E-state index contributed by atoms with van der Waals surface area (Å²) in [4.78, 5) is 53.2. The molecule has 2 atom stereocenters. The molecule has 33 heavy (non-hydrogen) atoms. The van der Waals surface area contributed by atoms with Crippen LogP contribution in [0.1, 0.15) is 31.9 Å². The van der Waals surface area contributed by atoms with Gasteiger partial charge in [0.25, 0.3) is 5.91 Å². The quantitative estimate of drug-likeness (QED) is 0.631. The Morgan fingerprint density at radius 3 is 2.18 bits per heavy atom. The second-order valence-electron chi connectivity index (χ2n) is 8.42. The van der Waals surface area contributed by atoms with E-state index in [9.17, 15) is 19.2 Å². The molecule has 2 aromatic rings. The lowest BCUT2D eigenvalue weighted by molar-refractivity contribution is -0.144. The molecule has 1 N–H and O–H groups in total. The molecule has 0 spiro atoms. The Balaban J connectivity index is 1.87. The minimum atomic E-state index is -0.714. The van der Waals surface area contributed by atoms with Crippen molar-refractivity contribution in [3.05, 3.63) is 78.0 Å².